The third kappa shape index (κ3) is 5.27. The molecule has 3 aromatic rings. The Bertz CT molecular complexity index is 1230. The highest BCUT2D eigenvalue weighted by Gasteiger charge is 2.22. The van der Waals surface area contributed by atoms with E-state index in [9.17, 15) is 18.0 Å². The molecule has 1 heterocycles. The van der Waals surface area contributed by atoms with Crippen LogP contribution in [0.15, 0.2) is 78.9 Å². The Labute approximate surface area is 184 Å². The molecule has 0 saturated heterocycles. The van der Waals surface area contributed by atoms with Crippen molar-refractivity contribution in [2.75, 3.05) is 11.1 Å². The van der Waals surface area contributed by atoms with Gasteiger partial charge < -0.3 is 10.3 Å². The zero-order chi connectivity index (χ0) is 21.0. The molecule has 0 aliphatic heterocycles. The normalized spacial score (nSPS) is 11.2. The third-order valence-corrected chi connectivity index (χ3v) is 7.19. The number of thioether (sulfide) groups is 1. The van der Waals surface area contributed by atoms with E-state index in [1.807, 2.05) is 6.07 Å². The van der Waals surface area contributed by atoms with Gasteiger partial charge in [-0.3, -0.25) is 9.59 Å². The van der Waals surface area contributed by atoms with E-state index in [-0.39, 0.29) is 26.7 Å². The number of carbonyl (C=O) groups is 1. The van der Waals surface area contributed by atoms with Gasteiger partial charge in [-0.05, 0) is 46.3 Å². The SMILES string of the molecule is O=C(CSc1ncc(S(=O)(=O)c2cccc(Cl)c2)c(=O)[nH]1)Nc1ccccc1Br. The molecule has 0 radical (unpaired) electrons. The quantitative estimate of drug-likeness (QED) is 0.383. The van der Waals surface area contributed by atoms with Gasteiger partial charge in [0.25, 0.3) is 5.56 Å². The minimum atomic E-state index is -4.07. The van der Waals surface area contributed by atoms with E-state index in [4.69, 9.17) is 11.6 Å². The third-order valence-electron chi connectivity index (χ3n) is 3.63. The Morgan fingerprint density at radius 1 is 1.21 bits per heavy atom. The van der Waals surface area contributed by atoms with Gasteiger partial charge in [-0.2, -0.15) is 0 Å². The number of anilines is 1. The Hall–Kier alpha value is -2.14. The van der Waals surface area contributed by atoms with Crippen LogP contribution in [0.2, 0.25) is 5.02 Å². The summed E-state index contributed by atoms with van der Waals surface area (Å²) in [7, 11) is -4.07. The number of sulfone groups is 1. The minimum Gasteiger partial charge on any atom is -0.324 e. The fraction of sp³-hybridized carbons (Fsp3) is 0.0556. The molecule has 11 heteroatoms. The van der Waals surface area contributed by atoms with Crippen LogP contribution in [-0.4, -0.2) is 30.0 Å². The number of aromatic amines is 1. The lowest BCUT2D eigenvalue weighted by Gasteiger charge is -2.07. The van der Waals surface area contributed by atoms with Gasteiger partial charge in [0.05, 0.1) is 22.5 Å². The predicted octanol–water partition coefficient (Wildman–Crippen LogP) is 3.75. The van der Waals surface area contributed by atoms with E-state index in [1.165, 1.54) is 24.3 Å². The van der Waals surface area contributed by atoms with Crippen LogP contribution in [0.4, 0.5) is 5.69 Å². The summed E-state index contributed by atoms with van der Waals surface area (Å²) in [5, 5.41) is 3.08. The van der Waals surface area contributed by atoms with E-state index in [0.717, 1.165) is 22.4 Å². The summed E-state index contributed by atoms with van der Waals surface area (Å²) >= 11 is 10.1. The molecule has 0 saturated carbocycles. The zero-order valence-corrected chi connectivity index (χ0v) is 18.5. The van der Waals surface area contributed by atoms with Crippen molar-refractivity contribution in [2.45, 2.75) is 14.9 Å². The number of nitrogens with one attached hydrogen (secondary N) is 2. The molecule has 29 heavy (non-hydrogen) atoms. The fourth-order valence-electron chi connectivity index (χ4n) is 2.28. The average Bonchev–Trinajstić information content (AvgIpc) is 2.68. The maximum absolute atomic E-state index is 12.6. The first-order valence-electron chi connectivity index (χ1n) is 8.04. The first-order valence-corrected chi connectivity index (χ1v) is 11.7. The number of aromatic nitrogens is 2. The Kier molecular flexibility index (Phi) is 6.78. The number of hydrogen-bond acceptors (Lipinski definition) is 6. The summed E-state index contributed by atoms with van der Waals surface area (Å²) in [4.78, 5) is 30.1. The molecule has 0 atom stereocenters. The molecule has 1 amide bonds. The summed E-state index contributed by atoms with van der Waals surface area (Å²) in [6.45, 7) is 0. The van der Waals surface area contributed by atoms with Gasteiger partial charge in [-0.15, -0.1) is 0 Å². The van der Waals surface area contributed by atoms with E-state index in [2.05, 4.69) is 31.2 Å². The Morgan fingerprint density at radius 3 is 2.66 bits per heavy atom. The van der Waals surface area contributed by atoms with Crippen LogP contribution in [0, 0.1) is 0 Å². The Morgan fingerprint density at radius 2 is 1.97 bits per heavy atom. The van der Waals surface area contributed by atoms with Crippen molar-refractivity contribution in [3.05, 3.63) is 74.6 Å². The zero-order valence-electron chi connectivity index (χ0n) is 14.6. The van der Waals surface area contributed by atoms with Crippen molar-refractivity contribution in [3.63, 3.8) is 0 Å². The van der Waals surface area contributed by atoms with Gasteiger partial charge in [0, 0.05) is 9.50 Å². The van der Waals surface area contributed by atoms with Crippen molar-refractivity contribution in [2.24, 2.45) is 0 Å². The molecule has 150 valence electrons. The number of nitrogens with zero attached hydrogens (tertiary/aromatic N) is 1. The number of halogens is 2. The molecule has 0 fully saturated rings. The first-order chi connectivity index (χ1) is 13.8. The van der Waals surface area contributed by atoms with E-state index in [1.54, 1.807) is 18.2 Å². The van der Waals surface area contributed by atoms with Crippen LogP contribution in [0.25, 0.3) is 0 Å². The van der Waals surface area contributed by atoms with E-state index >= 15 is 0 Å². The van der Waals surface area contributed by atoms with Crippen LogP contribution < -0.4 is 10.9 Å². The van der Waals surface area contributed by atoms with Gasteiger partial charge in [0.15, 0.2) is 10.1 Å². The largest absolute Gasteiger partial charge is 0.324 e. The second kappa shape index (κ2) is 9.12. The van der Waals surface area contributed by atoms with Crippen LogP contribution in [0.1, 0.15) is 0 Å². The summed E-state index contributed by atoms with van der Waals surface area (Å²) in [5.74, 6) is -0.329. The fourth-order valence-corrected chi connectivity index (χ4v) is 4.83. The van der Waals surface area contributed by atoms with Gasteiger partial charge in [0.1, 0.15) is 0 Å². The van der Waals surface area contributed by atoms with Crippen molar-refractivity contribution in [3.8, 4) is 0 Å². The average molecular weight is 515 g/mol. The lowest BCUT2D eigenvalue weighted by Crippen LogP contribution is -2.20. The molecule has 2 aromatic carbocycles. The molecule has 0 bridgehead atoms. The minimum absolute atomic E-state index is 0.0232. The lowest BCUT2D eigenvalue weighted by atomic mass is 10.3. The smallest absolute Gasteiger partial charge is 0.270 e. The van der Waals surface area contributed by atoms with Gasteiger partial charge in [0.2, 0.25) is 15.7 Å². The number of para-hydroxylation sites is 1. The number of hydrogen-bond donors (Lipinski definition) is 2. The number of benzene rings is 2. The van der Waals surface area contributed by atoms with E-state index < -0.39 is 20.3 Å². The molecule has 3 rings (SSSR count). The molecule has 1 aromatic heterocycles. The van der Waals surface area contributed by atoms with Gasteiger partial charge in [-0.25, -0.2) is 13.4 Å². The highest BCUT2D eigenvalue weighted by atomic mass is 79.9. The molecule has 0 aliphatic rings. The number of amides is 1. The number of H-pyrrole nitrogens is 1. The molecule has 2 N–H and O–H groups in total. The van der Waals surface area contributed by atoms with Crippen LogP contribution in [-0.2, 0) is 14.6 Å². The van der Waals surface area contributed by atoms with Crippen LogP contribution in [0.3, 0.4) is 0 Å². The maximum Gasteiger partial charge on any atom is 0.270 e. The van der Waals surface area contributed by atoms with Gasteiger partial charge in [-0.1, -0.05) is 41.6 Å². The first kappa shape index (κ1) is 21.6. The lowest BCUT2D eigenvalue weighted by molar-refractivity contribution is -0.113. The van der Waals surface area contributed by atoms with Crippen molar-refractivity contribution < 1.29 is 13.2 Å². The predicted molar refractivity (Wildman–Crippen MR) is 115 cm³/mol. The summed E-state index contributed by atoms with van der Waals surface area (Å²) < 4.78 is 26.0. The number of carbonyl (C=O) groups excluding carboxylic acids is 1. The molecule has 0 unspecified atom stereocenters. The summed E-state index contributed by atoms with van der Waals surface area (Å²) in [6, 6.07) is 12.7. The molecule has 0 aliphatic carbocycles. The second-order valence-electron chi connectivity index (χ2n) is 5.66. The summed E-state index contributed by atoms with van der Waals surface area (Å²) in [6.07, 6.45) is 0.975. The van der Waals surface area contributed by atoms with Gasteiger partial charge >= 0.3 is 0 Å². The van der Waals surface area contributed by atoms with E-state index in [0.29, 0.717) is 5.69 Å². The molecular formula is C18H13BrClN3O4S2. The Balaban J connectivity index is 1.72. The van der Waals surface area contributed by atoms with Crippen LogP contribution in [0.5, 0.6) is 0 Å². The molecule has 0 spiro atoms. The molecule has 7 nitrogen and oxygen atoms in total. The van der Waals surface area contributed by atoms with Crippen molar-refractivity contribution >= 4 is 60.7 Å². The maximum atomic E-state index is 12.6. The summed E-state index contributed by atoms with van der Waals surface area (Å²) in [5.41, 5.74) is -0.212. The monoisotopic (exact) mass is 513 g/mol. The van der Waals surface area contributed by atoms with Crippen LogP contribution >= 0.6 is 39.3 Å². The highest BCUT2D eigenvalue weighted by Crippen LogP contribution is 2.23. The van der Waals surface area contributed by atoms with Crippen molar-refractivity contribution in [1.29, 1.82) is 0 Å². The second-order valence-corrected chi connectivity index (χ2v) is 9.83. The van der Waals surface area contributed by atoms with Crippen molar-refractivity contribution in [1.82, 2.24) is 9.97 Å². The topological polar surface area (TPSA) is 109 Å². The molecular weight excluding hydrogens is 502 g/mol. The standard InChI is InChI=1S/C18H13BrClN3O4S2/c19-13-6-1-2-7-14(13)22-16(24)10-28-18-21-9-15(17(25)23-18)29(26,27)12-5-3-4-11(20)8-12/h1-9H,10H2,(H,22,24)(H,21,23,25). The highest BCUT2D eigenvalue weighted by molar-refractivity contribution is 9.10. The number of rotatable bonds is 6.